The van der Waals surface area contributed by atoms with Gasteiger partial charge in [-0.3, -0.25) is 14.4 Å². The molecule has 2 amide bonds. The van der Waals surface area contributed by atoms with Gasteiger partial charge in [-0.2, -0.15) is 0 Å². The number of fused-ring (bicyclic) bond motifs is 1. The Labute approximate surface area is 134 Å². The summed E-state index contributed by atoms with van der Waals surface area (Å²) in [6.45, 7) is 3.72. The molecule has 4 heteroatoms. The topological polar surface area (TPSA) is 46.6 Å². The Balaban J connectivity index is 1.85. The fraction of sp³-hybridized carbons (Fsp3) is 0.158. The Morgan fingerprint density at radius 2 is 1.52 bits per heavy atom. The quantitative estimate of drug-likeness (QED) is 0.600. The average molecular weight is 307 g/mol. The molecule has 3 rings (SSSR count). The molecule has 0 saturated carbocycles. The molecule has 0 bridgehead atoms. The van der Waals surface area contributed by atoms with Crippen LogP contribution in [0, 0.1) is 0 Å². The molecule has 4 nitrogen and oxygen atoms in total. The van der Waals surface area contributed by atoms with Gasteiger partial charge in [0, 0.05) is 0 Å². The van der Waals surface area contributed by atoms with E-state index in [9.17, 15) is 9.59 Å². The SMILES string of the molecule is C=CCC[C@H](ON1C(=O)c2ccccc2C1=O)c1ccccc1. The third-order valence-electron chi connectivity index (χ3n) is 3.79. The number of imide groups is 1. The summed E-state index contributed by atoms with van der Waals surface area (Å²) in [7, 11) is 0. The molecule has 0 aromatic heterocycles. The molecule has 0 saturated heterocycles. The Hall–Kier alpha value is -2.72. The first-order valence-electron chi connectivity index (χ1n) is 7.53. The van der Waals surface area contributed by atoms with Crippen LogP contribution in [0.25, 0.3) is 0 Å². The van der Waals surface area contributed by atoms with E-state index in [1.54, 1.807) is 30.3 Å². The van der Waals surface area contributed by atoms with E-state index in [1.807, 2.05) is 30.3 Å². The second kappa shape index (κ2) is 6.58. The fourth-order valence-electron chi connectivity index (χ4n) is 2.61. The van der Waals surface area contributed by atoms with E-state index in [4.69, 9.17) is 4.84 Å². The van der Waals surface area contributed by atoms with Gasteiger partial charge in [-0.1, -0.05) is 48.5 Å². The number of hydrogen-bond acceptors (Lipinski definition) is 3. The van der Waals surface area contributed by atoms with Crippen molar-refractivity contribution in [1.29, 1.82) is 0 Å². The summed E-state index contributed by atoms with van der Waals surface area (Å²) in [6, 6.07) is 16.3. The highest BCUT2D eigenvalue weighted by Crippen LogP contribution is 2.29. The zero-order valence-electron chi connectivity index (χ0n) is 12.6. The molecule has 23 heavy (non-hydrogen) atoms. The monoisotopic (exact) mass is 307 g/mol. The first kappa shape index (κ1) is 15.2. The number of amides is 2. The van der Waals surface area contributed by atoms with Crippen molar-refractivity contribution in [2.45, 2.75) is 18.9 Å². The van der Waals surface area contributed by atoms with Crippen LogP contribution >= 0.6 is 0 Å². The summed E-state index contributed by atoms with van der Waals surface area (Å²) in [5.41, 5.74) is 1.69. The maximum absolute atomic E-state index is 12.4. The smallest absolute Gasteiger partial charge is 0.266 e. The van der Waals surface area contributed by atoms with Gasteiger partial charge < -0.3 is 0 Å². The highest BCUT2D eigenvalue weighted by molar-refractivity contribution is 6.20. The van der Waals surface area contributed by atoms with Gasteiger partial charge in [0.05, 0.1) is 11.1 Å². The van der Waals surface area contributed by atoms with E-state index in [0.29, 0.717) is 17.5 Å². The van der Waals surface area contributed by atoms with Gasteiger partial charge in [0.15, 0.2) is 0 Å². The molecule has 1 aliphatic rings. The Morgan fingerprint density at radius 3 is 2.09 bits per heavy atom. The Morgan fingerprint density at radius 1 is 0.957 bits per heavy atom. The molecular weight excluding hydrogens is 290 g/mol. The van der Waals surface area contributed by atoms with Crippen LogP contribution in [-0.2, 0) is 4.84 Å². The summed E-state index contributed by atoms with van der Waals surface area (Å²) in [4.78, 5) is 30.6. The largest absolute Gasteiger partial charge is 0.285 e. The van der Waals surface area contributed by atoms with Crippen LogP contribution in [0.4, 0.5) is 0 Å². The molecule has 0 unspecified atom stereocenters. The van der Waals surface area contributed by atoms with Gasteiger partial charge in [0.1, 0.15) is 6.10 Å². The number of hydrogen-bond donors (Lipinski definition) is 0. The standard InChI is InChI=1S/C19H17NO3/c1-2-3-13-17(14-9-5-4-6-10-14)23-20-18(21)15-11-7-8-12-16(15)19(20)22/h2,4-12,17H,1,3,13H2/t17-/m0/s1. The molecular formula is C19H17NO3. The highest BCUT2D eigenvalue weighted by Gasteiger charge is 2.38. The lowest BCUT2D eigenvalue weighted by Crippen LogP contribution is -2.31. The molecule has 116 valence electrons. The molecule has 1 atom stereocenters. The molecule has 0 radical (unpaired) electrons. The molecule has 0 spiro atoms. The lowest BCUT2D eigenvalue weighted by molar-refractivity contribution is -0.136. The van der Waals surface area contributed by atoms with Crippen LogP contribution < -0.4 is 0 Å². The molecule has 0 aliphatic carbocycles. The first-order chi connectivity index (χ1) is 11.2. The predicted octanol–water partition coefficient (Wildman–Crippen LogP) is 3.92. The van der Waals surface area contributed by atoms with E-state index in [0.717, 1.165) is 17.0 Å². The molecule has 0 fully saturated rings. The normalized spacial score (nSPS) is 14.7. The van der Waals surface area contributed by atoms with Crippen molar-refractivity contribution < 1.29 is 14.4 Å². The van der Waals surface area contributed by atoms with Crippen LogP contribution in [0.15, 0.2) is 67.3 Å². The maximum atomic E-state index is 12.4. The van der Waals surface area contributed by atoms with Crippen molar-refractivity contribution in [3.05, 3.63) is 83.9 Å². The van der Waals surface area contributed by atoms with Crippen LogP contribution in [0.1, 0.15) is 45.2 Å². The minimum absolute atomic E-state index is 0.378. The van der Waals surface area contributed by atoms with Gasteiger partial charge >= 0.3 is 0 Å². The van der Waals surface area contributed by atoms with Crippen molar-refractivity contribution in [1.82, 2.24) is 5.06 Å². The first-order valence-corrected chi connectivity index (χ1v) is 7.53. The van der Waals surface area contributed by atoms with Gasteiger partial charge in [0.2, 0.25) is 0 Å². The third kappa shape index (κ3) is 2.94. The van der Waals surface area contributed by atoms with E-state index < -0.39 is 11.8 Å². The lowest BCUT2D eigenvalue weighted by Gasteiger charge is -2.22. The van der Waals surface area contributed by atoms with E-state index >= 15 is 0 Å². The van der Waals surface area contributed by atoms with Gasteiger partial charge in [-0.25, -0.2) is 0 Å². The number of carbonyl (C=O) groups is 2. The summed E-state index contributed by atoms with van der Waals surface area (Å²) in [5.74, 6) is -0.824. The van der Waals surface area contributed by atoms with Crippen LogP contribution in [0.2, 0.25) is 0 Å². The fourth-order valence-corrected chi connectivity index (χ4v) is 2.61. The Bertz CT molecular complexity index is 704. The zero-order chi connectivity index (χ0) is 16.2. The van der Waals surface area contributed by atoms with Gasteiger partial charge in [-0.15, -0.1) is 11.6 Å². The van der Waals surface area contributed by atoms with Crippen molar-refractivity contribution >= 4 is 11.8 Å². The second-order valence-corrected chi connectivity index (χ2v) is 5.32. The van der Waals surface area contributed by atoms with Crippen LogP contribution in [0.3, 0.4) is 0 Å². The van der Waals surface area contributed by atoms with Crippen LogP contribution in [-0.4, -0.2) is 16.9 Å². The van der Waals surface area contributed by atoms with Crippen molar-refractivity contribution in [3.63, 3.8) is 0 Å². The summed E-state index contributed by atoms with van der Waals surface area (Å²) >= 11 is 0. The maximum Gasteiger partial charge on any atom is 0.285 e. The summed E-state index contributed by atoms with van der Waals surface area (Å²) in [6.07, 6.45) is 2.78. The number of allylic oxidation sites excluding steroid dienone is 1. The van der Waals surface area contributed by atoms with Crippen molar-refractivity contribution in [3.8, 4) is 0 Å². The molecule has 2 aromatic carbocycles. The van der Waals surface area contributed by atoms with E-state index in [2.05, 4.69) is 6.58 Å². The van der Waals surface area contributed by atoms with Crippen molar-refractivity contribution in [2.75, 3.05) is 0 Å². The molecule has 0 N–H and O–H groups in total. The molecule has 2 aromatic rings. The second-order valence-electron chi connectivity index (χ2n) is 5.32. The number of rotatable bonds is 6. The van der Waals surface area contributed by atoms with Gasteiger partial charge in [0.25, 0.3) is 11.8 Å². The Kier molecular flexibility index (Phi) is 4.35. The summed E-state index contributed by atoms with van der Waals surface area (Å²) in [5, 5.41) is 0.880. The average Bonchev–Trinajstić information content (AvgIpc) is 2.84. The zero-order valence-corrected chi connectivity index (χ0v) is 12.6. The van der Waals surface area contributed by atoms with Crippen LogP contribution in [0.5, 0.6) is 0 Å². The number of benzene rings is 2. The third-order valence-corrected chi connectivity index (χ3v) is 3.79. The number of carbonyl (C=O) groups excluding carboxylic acids is 2. The lowest BCUT2D eigenvalue weighted by atomic mass is 10.1. The molecule has 1 aliphatic heterocycles. The van der Waals surface area contributed by atoms with E-state index in [-0.39, 0.29) is 6.10 Å². The summed E-state index contributed by atoms with van der Waals surface area (Å²) < 4.78 is 0. The van der Waals surface area contributed by atoms with Crippen molar-refractivity contribution in [2.24, 2.45) is 0 Å². The number of nitrogens with zero attached hydrogens (tertiary/aromatic N) is 1. The molecule has 1 heterocycles. The highest BCUT2D eigenvalue weighted by atomic mass is 16.7. The minimum Gasteiger partial charge on any atom is -0.266 e. The predicted molar refractivity (Wildman–Crippen MR) is 86.6 cm³/mol. The van der Waals surface area contributed by atoms with E-state index in [1.165, 1.54) is 0 Å². The number of hydroxylamine groups is 2. The minimum atomic E-state index is -0.412. The van der Waals surface area contributed by atoms with Gasteiger partial charge in [-0.05, 0) is 30.5 Å².